The molecule has 0 spiro atoms. The Bertz CT molecular complexity index is 2710. The van der Waals surface area contributed by atoms with Crippen molar-refractivity contribution in [2.75, 3.05) is 0 Å². The molecule has 51 heavy (non-hydrogen) atoms. The summed E-state index contributed by atoms with van der Waals surface area (Å²) in [5.41, 5.74) is 10.2. The molecule has 1 saturated heterocycles. The van der Waals surface area contributed by atoms with Gasteiger partial charge < -0.3 is 13.6 Å². The number of hydrogen-bond donors (Lipinski definition) is 3. The first-order chi connectivity index (χ1) is 25.2. The largest absolute Gasteiger partial charge is 0.485 e. The lowest BCUT2D eigenvalue weighted by molar-refractivity contribution is 0.196. The summed E-state index contributed by atoms with van der Waals surface area (Å²) in [5, 5.41) is 16.0. The van der Waals surface area contributed by atoms with Gasteiger partial charge in [0.25, 0.3) is 0 Å². The molecular formula is C45H33N3O3. The first kappa shape index (κ1) is 28.9. The van der Waals surface area contributed by atoms with E-state index in [1.54, 1.807) is 0 Å². The maximum atomic E-state index is 6.60. The highest BCUT2D eigenvalue weighted by atomic mass is 16.5. The van der Waals surface area contributed by atoms with Crippen LogP contribution in [0.3, 0.4) is 0 Å². The van der Waals surface area contributed by atoms with Crippen LogP contribution in [0.5, 0.6) is 5.75 Å². The number of allylic oxidation sites excluding steroid dienone is 2. The van der Waals surface area contributed by atoms with E-state index in [0.717, 1.165) is 71.9 Å². The molecule has 8 aromatic rings. The molecule has 3 aliphatic rings. The van der Waals surface area contributed by atoms with Crippen molar-refractivity contribution in [3.05, 3.63) is 174 Å². The Hall–Kier alpha value is -5.92. The van der Waals surface area contributed by atoms with Gasteiger partial charge in [0.2, 0.25) is 0 Å². The minimum atomic E-state index is -0.162. The maximum absolute atomic E-state index is 6.60. The van der Waals surface area contributed by atoms with Gasteiger partial charge >= 0.3 is 0 Å². The molecule has 4 heterocycles. The van der Waals surface area contributed by atoms with Gasteiger partial charge in [0.05, 0.1) is 18.5 Å². The van der Waals surface area contributed by atoms with Crippen molar-refractivity contribution >= 4 is 43.9 Å². The van der Waals surface area contributed by atoms with Gasteiger partial charge in [0, 0.05) is 44.2 Å². The second-order valence-electron chi connectivity index (χ2n) is 13.7. The van der Waals surface area contributed by atoms with Crippen LogP contribution in [0.15, 0.2) is 161 Å². The van der Waals surface area contributed by atoms with Crippen molar-refractivity contribution in [3.8, 4) is 16.9 Å². The molecule has 2 aliphatic heterocycles. The van der Waals surface area contributed by atoms with Gasteiger partial charge in [-0.2, -0.15) is 0 Å². The van der Waals surface area contributed by atoms with Gasteiger partial charge in [-0.1, -0.05) is 115 Å². The molecule has 6 nitrogen and oxygen atoms in total. The molecule has 1 aliphatic carbocycles. The Kier molecular flexibility index (Phi) is 6.40. The maximum Gasteiger partial charge on any atom is 0.143 e. The van der Waals surface area contributed by atoms with Crippen molar-refractivity contribution in [1.29, 1.82) is 0 Å². The molecule has 5 unspecified atom stereocenters. The fourth-order valence-electron chi connectivity index (χ4n) is 8.29. The van der Waals surface area contributed by atoms with Crippen LogP contribution in [0.1, 0.15) is 46.7 Å². The third-order valence-electron chi connectivity index (χ3n) is 10.8. The van der Waals surface area contributed by atoms with Gasteiger partial charge in [0.15, 0.2) is 0 Å². The number of ether oxygens (including phenoxy) is 1. The van der Waals surface area contributed by atoms with Crippen molar-refractivity contribution in [1.82, 2.24) is 16.0 Å². The first-order valence-electron chi connectivity index (χ1n) is 17.6. The fourth-order valence-corrected chi connectivity index (χ4v) is 8.29. The van der Waals surface area contributed by atoms with Gasteiger partial charge in [-0.05, 0) is 53.1 Å². The normalized spacial score (nSPS) is 22.5. The molecule has 5 atom stereocenters. The number of fused-ring (bicyclic) bond motifs is 9. The summed E-state index contributed by atoms with van der Waals surface area (Å²) in [6.07, 6.45) is 8.20. The Labute approximate surface area is 294 Å². The third-order valence-corrected chi connectivity index (χ3v) is 10.8. The van der Waals surface area contributed by atoms with Crippen molar-refractivity contribution < 1.29 is 13.6 Å². The third kappa shape index (κ3) is 4.61. The molecule has 3 N–H and O–H groups in total. The molecule has 6 heteroatoms. The quantitative estimate of drug-likeness (QED) is 0.174. The van der Waals surface area contributed by atoms with Crippen molar-refractivity contribution in [2.45, 2.75) is 30.5 Å². The summed E-state index contributed by atoms with van der Waals surface area (Å²) in [6.45, 7) is 0. The van der Waals surface area contributed by atoms with Gasteiger partial charge in [0.1, 0.15) is 34.2 Å². The summed E-state index contributed by atoms with van der Waals surface area (Å²) in [7, 11) is 0. The Balaban J connectivity index is 0.975. The summed E-state index contributed by atoms with van der Waals surface area (Å²) in [6, 6.07) is 44.6. The SMILES string of the molecule is C1=CC2Oc3c(C4NC(c5ccccc5)NC(c5ccc6oc7cc(-c8cccc9c8oc8ccccc89)ccc7c6c5)N4)cccc3C2C=C1. The minimum absolute atomic E-state index is 0.0255. The van der Waals surface area contributed by atoms with Crippen molar-refractivity contribution in [3.63, 3.8) is 0 Å². The highest BCUT2D eigenvalue weighted by Crippen LogP contribution is 2.46. The Morgan fingerprint density at radius 3 is 2.16 bits per heavy atom. The lowest BCUT2D eigenvalue weighted by Crippen LogP contribution is -2.54. The zero-order valence-corrected chi connectivity index (χ0v) is 27.5. The van der Waals surface area contributed by atoms with Crippen LogP contribution in [0.2, 0.25) is 0 Å². The zero-order chi connectivity index (χ0) is 33.5. The van der Waals surface area contributed by atoms with Crippen LogP contribution in [0.4, 0.5) is 0 Å². The molecule has 11 rings (SSSR count). The van der Waals surface area contributed by atoms with E-state index < -0.39 is 0 Å². The van der Waals surface area contributed by atoms with E-state index in [2.05, 4.69) is 156 Å². The van der Waals surface area contributed by atoms with Gasteiger partial charge in [-0.25, -0.2) is 0 Å². The number of hydrogen-bond acceptors (Lipinski definition) is 6. The van der Waals surface area contributed by atoms with Gasteiger partial charge in [-0.15, -0.1) is 0 Å². The molecule has 0 bridgehead atoms. The summed E-state index contributed by atoms with van der Waals surface area (Å²) >= 11 is 0. The molecule has 0 saturated carbocycles. The molecule has 0 radical (unpaired) electrons. The van der Waals surface area contributed by atoms with E-state index in [9.17, 15) is 0 Å². The molecule has 6 aromatic carbocycles. The standard InChI is InChI=1S/C45H33N3O3/c1-2-10-26(11-3-1)43-46-44(48-45(47-43)35-17-9-16-34-31-13-5-7-19-38(31)51-42(34)35)28-21-23-39-36(24-28)32-22-20-27(25-40(32)49-39)29-14-8-15-33-30-12-4-6-18-37(30)50-41(29)33/h1-25,31,38,43-48H. The number of para-hydroxylation sites is 3. The van der Waals surface area contributed by atoms with Crippen LogP contribution in [0, 0.1) is 0 Å². The smallest absolute Gasteiger partial charge is 0.143 e. The van der Waals surface area contributed by atoms with Crippen LogP contribution in [0.25, 0.3) is 55.0 Å². The molecule has 1 fully saturated rings. The average molecular weight is 664 g/mol. The lowest BCUT2D eigenvalue weighted by Gasteiger charge is -2.40. The Morgan fingerprint density at radius 1 is 0.471 bits per heavy atom. The predicted molar refractivity (Wildman–Crippen MR) is 202 cm³/mol. The fraction of sp³-hybridized carbons (Fsp3) is 0.111. The molecular weight excluding hydrogens is 631 g/mol. The van der Waals surface area contributed by atoms with Crippen molar-refractivity contribution in [2.24, 2.45) is 0 Å². The van der Waals surface area contributed by atoms with E-state index in [1.165, 1.54) is 11.1 Å². The second kappa shape index (κ2) is 11.3. The van der Waals surface area contributed by atoms with E-state index in [0.29, 0.717) is 0 Å². The van der Waals surface area contributed by atoms with E-state index in [1.807, 2.05) is 12.1 Å². The van der Waals surface area contributed by atoms with Crippen LogP contribution >= 0.6 is 0 Å². The number of benzene rings is 6. The average Bonchev–Trinajstić information content (AvgIpc) is 3.88. The first-order valence-corrected chi connectivity index (χ1v) is 17.6. The summed E-state index contributed by atoms with van der Waals surface area (Å²) in [4.78, 5) is 0. The highest BCUT2D eigenvalue weighted by molar-refractivity contribution is 6.11. The number of rotatable bonds is 4. The molecule has 0 amide bonds. The van der Waals surface area contributed by atoms with Crippen LogP contribution in [-0.2, 0) is 0 Å². The zero-order valence-electron chi connectivity index (χ0n) is 27.5. The predicted octanol–water partition coefficient (Wildman–Crippen LogP) is 10.3. The highest BCUT2D eigenvalue weighted by Gasteiger charge is 2.37. The molecule has 246 valence electrons. The van der Waals surface area contributed by atoms with E-state index in [-0.39, 0.29) is 30.5 Å². The van der Waals surface area contributed by atoms with Crippen LogP contribution in [-0.4, -0.2) is 6.10 Å². The van der Waals surface area contributed by atoms with E-state index >= 15 is 0 Å². The number of furan rings is 2. The second-order valence-corrected chi connectivity index (χ2v) is 13.7. The summed E-state index contributed by atoms with van der Waals surface area (Å²) < 4.78 is 19.4. The van der Waals surface area contributed by atoms with Gasteiger partial charge in [-0.3, -0.25) is 16.0 Å². The van der Waals surface area contributed by atoms with E-state index in [4.69, 9.17) is 13.6 Å². The summed E-state index contributed by atoms with van der Waals surface area (Å²) in [5.74, 6) is 1.20. The topological polar surface area (TPSA) is 71.6 Å². The minimum Gasteiger partial charge on any atom is -0.485 e. The Morgan fingerprint density at radius 2 is 1.22 bits per heavy atom. The lowest BCUT2D eigenvalue weighted by atomic mass is 9.91. The molecule has 2 aromatic heterocycles. The van der Waals surface area contributed by atoms with Crippen LogP contribution < -0.4 is 20.7 Å². The monoisotopic (exact) mass is 663 g/mol. The number of nitrogens with one attached hydrogen (secondary N) is 3.